The molecule has 0 bridgehead atoms. The van der Waals surface area contributed by atoms with Crippen molar-refractivity contribution >= 4 is 11.7 Å². The zero-order chi connectivity index (χ0) is 9.97. The Kier molecular flexibility index (Phi) is 2.52. The van der Waals surface area contributed by atoms with E-state index >= 15 is 0 Å². The molecular weight excluding hydrogens is 178 g/mol. The van der Waals surface area contributed by atoms with Crippen LogP contribution in [0.15, 0.2) is 6.07 Å². The molecule has 0 radical (unpaired) electrons. The Morgan fingerprint density at radius 3 is 3.07 bits per heavy atom. The molecule has 0 aliphatic heterocycles. The number of nitrogens with one attached hydrogen (secondary N) is 2. The SMILES string of the molecule is CCc1cc(NC(=O)CC2CC2)n[nH]1. The molecule has 14 heavy (non-hydrogen) atoms. The van der Waals surface area contributed by atoms with Crippen LogP contribution in [0.2, 0.25) is 0 Å². The third-order valence-electron chi connectivity index (χ3n) is 2.45. The third kappa shape index (κ3) is 2.34. The van der Waals surface area contributed by atoms with Gasteiger partial charge >= 0.3 is 0 Å². The van der Waals surface area contributed by atoms with Gasteiger partial charge < -0.3 is 5.32 Å². The largest absolute Gasteiger partial charge is 0.309 e. The summed E-state index contributed by atoms with van der Waals surface area (Å²) in [5.74, 6) is 1.36. The van der Waals surface area contributed by atoms with E-state index < -0.39 is 0 Å². The molecule has 1 aromatic heterocycles. The second-order valence-electron chi connectivity index (χ2n) is 3.83. The fourth-order valence-electron chi connectivity index (χ4n) is 1.38. The molecule has 0 spiro atoms. The van der Waals surface area contributed by atoms with Gasteiger partial charge in [-0.25, -0.2) is 0 Å². The van der Waals surface area contributed by atoms with Crippen LogP contribution in [0.3, 0.4) is 0 Å². The van der Waals surface area contributed by atoms with Crippen molar-refractivity contribution in [3.8, 4) is 0 Å². The van der Waals surface area contributed by atoms with E-state index in [9.17, 15) is 4.79 Å². The minimum atomic E-state index is 0.0849. The van der Waals surface area contributed by atoms with Crippen LogP contribution in [0.1, 0.15) is 31.9 Å². The number of H-pyrrole nitrogens is 1. The van der Waals surface area contributed by atoms with Gasteiger partial charge in [0, 0.05) is 18.2 Å². The molecule has 1 aliphatic rings. The molecule has 0 atom stereocenters. The van der Waals surface area contributed by atoms with E-state index in [-0.39, 0.29) is 5.91 Å². The summed E-state index contributed by atoms with van der Waals surface area (Å²) in [5, 5.41) is 9.65. The van der Waals surface area contributed by atoms with Gasteiger partial charge in [0.1, 0.15) is 0 Å². The molecule has 1 heterocycles. The van der Waals surface area contributed by atoms with Gasteiger partial charge in [-0.1, -0.05) is 6.92 Å². The first kappa shape index (κ1) is 9.24. The quantitative estimate of drug-likeness (QED) is 0.764. The molecule has 0 unspecified atom stereocenters. The Hall–Kier alpha value is -1.32. The van der Waals surface area contributed by atoms with E-state index in [2.05, 4.69) is 15.5 Å². The molecule has 1 amide bonds. The number of anilines is 1. The highest BCUT2D eigenvalue weighted by atomic mass is 16.1. The highest BCUT2D eigenvalue weighted by molar-refractivity contribution is 5.90. The summed E-state index contributed by atoms with van der Waals surface area (Å²) in [7, 11) is 0. The van der Waals surface area contributed by atoms with Crippen LogP contribution in [0, 0.1) is 5.92 Å². The number of rotatable bonds is 4. The van der Waals surface area contributed by atoms with Crippen LogP contribution in [0.25, 0.3) is 0 Å². The molecule has 4 nitrogen and oxygen atoms in total. The number of aromatic nitrogens is 2. The van der Waals surface area contributed by atoms with Gasteiger partial charge in [0.05, 0.1) is 0 Å². The molecule has 4 heteroatoms. The summed E-state index contributed by atoms with van der Waals surface area (Å²) in [6.07, 6.45) is 3.96. The van der Waals surface area contributed by atoms with E-state index in [4.69, 9.17) is 0 Å². The summed E-state index contributed by atoms with van der Waals surface area (Å²) >= 11 is 0. The van der Waals surface area contributed by atoms with Gasteiger partial charge in [-0.3, -0.25) is 9.89 Å². The fraction of sp³-hybridized carbons (Fsp3) is 0.600. The Morgan fingerprint density at radius 1 is 1.71 bits per heavy atom. The lowest BCUT2D eigenvalue weighted by atomic mass is 10.3. The smallest absolute Gasteiger partial charge is 0.225 e. The first-order valence-electron chi connectivity index (χ1n) is 5.12. The predicted molar refractivity (Wildman–Crippen MR) is 53.9 cm³/mol. The van der Waals surface area contributed by atoms with Crippen molar-refractivity contribution in [2.75, 3.05) is 5.32 Å². The minimum Gasteiger partial charge on any atom is -0.309 e. The zero-order valence-corrected chi connectivity index (χ0v) is 8.34. The van der Waals surface area contributed by atoms with Crippen molar-refractivity contribution < 1.29 is 4.79 Å². The van der Waals surface area contributed by atoms with Crippen molar-refractivity contribution in [2.45, 2.75) is 32.6 Å². The highest BCUT2D eigenvalue weighted by Gasteiger charge is 2.24. The van der Waals surface area contributed by atoms with Crippen molar-refractivity contribution in [3.05, 3.63) is 11.8 Å². The van der Waals surface area contributed by atoms with Gasteiger partial charge in [-0.2, -0.15) is 5.10 Å². The molecule has 2 rings (SSSR count). The molecule has 1 aromatic rings. The topological polar surface area (TPSA) is 57.8 Å². The summed E-state index contributed by atoms with van der Waals surface area (Å²) in [4.78, 5) is 11.4. The maximum Gasteiger partial charge on any atom is 0.225 e. The van der Waals surface area contributed by atoms with E-state index in [1.807, 2.05) is 13.0 Å². The van der Waals surface area contributed by atoms with Crippen LogP contribution < -0.4 is 5.32 Å². The summed E-state index contributed by atoms with van der Waals surface area (Å²) in [5.41, 5.74) is 1.05. The number of hydrogen-bond acceptors (Lipinski definition) is 2. The maximum atomic E-state index is 11.4. The molecule has 1 saturated carbocycles. The Labute approximate surface area is 83.1 Å². The lowest BCUT2D eigenvalue weighted by Crippen LogP contribution is -2.12. The summed E-state index contributed by atoms with van der Waals surface area (Å²) in [6, 6.07) is 1.88. The Bertz CT molecular complexity index is 328. The Morgan fingerprint density at radius 2 is 2.50 bits per heavy atom. The molecule has 2 N–H and O–H groups in total. The van der Waals surface area contributed by atoms with E-state index in [0.717, 1.165) is 12.1 Å². The molecule has 1 aliphatic carbocycles. The second-order valence-corrected chi connectivity index (χ2v) is 3.83. The number of aromatic amines is 1. The summed E-state index contributed by atoms with van der Waals surface area (Å²) < 4.78 is 0. The van der Waals surface area contributed by atoms with Crippen LogP contribution in [-0.2, 0) is 11.2 Å². The second kappa shape index (κ2) is 3.82. The molecular formula is C10H15N3O. The van der Waals surface area contributed by atoms with Gasteiger partial charge in [0.2, 0.25) is 5.91 Å². The van der Waals surface area contributed by atoms with Crippen LogP contribution in [0.4, 0.5) is 5.82 Å². The van der Waals surface area contributed by atoms with Crippen molar-refractivity contribution in [1.82, 2.24) is 10.2 Å². The lowest BCUT2D eigenvalue weighted by molar-refractivity contribution is -0.116. The standard InChI is InChI=1S/C10H15N3O/c1-2-8-6-9(13-12-8)11-10(14)5-7-3-4-7/h6-7H,2-5H2,1H3,(H2,11,12,13,14). The van der Waals surface area contributed by atoms with Crippen LogP contribution >= 0.6 is 0 Å². The highest BCUT2D eigenvalue weighted by Crippen LogP contribution is 2.32. The molecule has 76 valence electrons. The van der Waals surface area contributed by atoms with Crippen molar-refractivity contribution in [3.63, 3.8) is 0 Å². The number of carbonyl (C=O) groups is 1. The average Bonchev–Trinajstić information content (AvgIpc) is 2.83. The predicted octanol–water partition coefficient (Wildman–Crippen LogP) is 1.71. The summed E-state index contributed by atoms with van der Waals surface area (Å²) in [6.45, 7) is 2.04. The zero-order valence-electron chi connectivity index (χ0n) is 8.34. The normalized spacial score (nSPS) is 15.5. The minimum absolute atomic E-state index is 0.0849. The molecule has 1 fully saturated rings. The third-order valence-corrected chi connectivity index (χ3v) is 2.45. The number of aryl methyl sites for hydroxylation is 1. The number of carbonyl (C=O) groups excluding carboxylic acids is 1. The molecule has 0 aromatic carbocycles. The first-order valence-corrected chi connectivity index (χ1v) is 5.12. The van der Waals surface area contributed by atoms with Crippen molar-refractivity contribution in [1.29, 1.82) is 0 Å². The van der Waals surface area contributed by atoms with Gasteiger partial charge in [0.15, 0.2) is 5.82 Å². The van der Waals surface area contributed by atoms with Gasteiger partial charge in [-0.05, 0) is 25.2 Å². The number of nitrogens with zero attached hydrogens (tertiary/aromatic N) is 1. The average molecular weight is 193 g/mol. The first-order chi connectivity index (χ1) is 6.78. The van der Waals surface area contributed by atoms with Gasteiger partial charge in [0.25, 0.3) is 0 Å². The molecule has 0 saturated heterocycles. The van der Waals surface area contributed by atoms with E-state index in [0.29, 0.717) is 18.2 Å². The maximum absolute atomic E-state index is 11.4. The number of hydrogen-bond donors (Lipinski definition) is 2. The Balaban J connectivity index is 1.85. The van der Waals surface area contributed by atoms with Gasteiger partial charge in [-0.15, -0.1) is 0 Å². The van der Waals surface area contributed by atoms with E-state index in [1.165, 1.54) is 12.8 Å². The number of amides is 1. The van der Waals surface area contributed by atoms with E-state index in [1.54, 1.807) is 0 Å². The van der Waals surface area contributed by atoms with Crippen LogP contribution in [0.5, 0.6) is 0 Å². The lowest BCUT2D eigenvalue weighted by Gasteiger charge is -1.98. The fourth-order valence-corrected chi connectivity index (χ4v) is 1.38. The monoisotopic (exact) mass is 193 g/mol. The van der Waals surface area contributed by atoms with Crippen LogP contribution in [-0.4, -0.2) is 16.1 Å². The van der Waals surface area contributed by atoms with Crippen molar-refractivity contribution in [2.24, 2.45) is 5.92 Å².